The molecule has 2 bridgehead atoms. The summed E-state index contributed by atoms with van der Waals surface area (Å²) >= 11 is 0. The van der Waals surface area contributed by atoms with Gasteiger partial charge in [-0.15, -0.1) is 0 Å². The maximum absolute atomic E-state index is 12.3. The van der Waals surface area contributed by atoms with Gasteiger partial charge in [-0.05, 0) is 43.1 Å². The number of hydrogen-bond donors (Lipinski definition) is 2. The van der Waals surface area contributed by atoms with Gasteiger partial charge in [0.05, 0.1) is 6.42 Å². The van der Waals surface area contributed by atoms with E-state index in [-0.39, 0.29) is 5.91 Å². The first kappa shape index (κ1) is 13.6. The number of benzene rings is 1. The number of nitrogens with one attached hydrogen (secondary N) is 1. The van der Waals surface area contributed by atoms with Gasteiger partial charge in [0.15, 0.2) is 0 Å². The molecule has 3 nitrogen and oxygen atoms in total. The normalized spacial score (nSPS) is 32.6. The summed E-state index contributed by atoms with van der Waals surface area (Å²) in [5.41, 5.74) is 7.21. The van der Waals surface area contributed by atoms with E-state index in [0.717, 1.165) is 18.4 Å². The molecule has 20 heavy (non-hydrogen) atoms. The van der Waals surface area contributed by atoms with Crippen LogP contribution in [-0.2, 0) is 11.2 Å². The summed E-state index contributed by atoms with van der Waals surface area (Å²) in [5, 5.41) is 3.30. The van der Waals surface area contributed by atoms with Gasteiger partial charge in [-0.2, -0.15) is 0 Å². The molecule has 2 unspecified atom stereocenters. The Morgan fingerprint density at radius 2 is 1.80 bits per heavy atom. The lowest BCUT2D eigenvalue weighted by molar-refractivity contribution is -0.122. The molecule has 3 heteroatoms. The van der Waals surface area contributed by atoms with Crippen LogP contribution in [0.1, 0.15) is 37.7 Å². The van der Waals surface area contributed by atoms with E-state index in [1.165, 1.54) is 19.3 Å². The third kappa shape index (κ3) is 3.04. The van der Waals surface area contributed by atoms with Crippen LogP contribution in [0.3, 0.4) is 0 Å². The average Bonchev–Trinajstić information content (AvgIpc) is 2.41. The van der Waals surface area contributed by atoms with E-state index in [0.29, 0.717) is 30.3 Å². The zero-order chi connectivity index (χ0) is 13.9. The highest BCUT2D eigenvalue weighted by Crippen LogP contribution is 2.39. The van der Waals surface area contributed by atoms with Crippen LogP contribution in [-0.4, -0.2) is 18.0 Å². The average molecular weight is 272 g/mol. The Hall–Kier alpha value is -1.35. The first-order valence-electron chi connectivity index (χ1n) is 7.81. The first-order chi connectivity index (χ1) is 9.72. The van der Waals surface area contributed by atoms with Crippen molar-refractivity contribution in [1.82, 2.24) is 5.32 Å². The minimum atomic E-state index is 0.161. The monoisotopic (exact) mass is 272 g/mol. The molecule has 3 N–H and O–H groups in total. The molecule has 2 saturated carbocycles. The predicted molar refractivity (Wildman–Crippen MR) is 80.1 cm³/mol. The summed E-state index contributed by atoms with van der Waals surface area (Å²) in [5.74, 6) is 1.35. The zero-order valence-corrected chi connectivity index (χ0v) is 11.9. The Labute approximate surface area is 120 Å². The van der Waals surface area contributed by atoms with E-state index in [9.17, 15) is 4.79 Å². The zero-order valence-electron chi connectivity index (χ0n) is 11.9. The minimum absolute atomic E-state index is 0.161. The van der Waals surface area contributed by atoms with Gasteiger partial charge in [-0.1, -0.05) is 36.8 Å². The highest BCUT2D eigenvalue weighted by Gasteiger charge is 2.39. The molecule has 1 aromatic carbocycles. The molecule has 0 aliphatic heterocycles. The van der Waals surface area contributed by atoms with E-state index in [2.05, 4.69) is 5.32 Å². The van der Waals surface area contributed by atoms with E-state index in [4.69, 9.17) is 5.73 Å². The Bertz CT molecular complexity index is 445. The van der Waals surface area contributed by atoms with Gasteiger partial charge in [-0.25, -0.2) is 0 Å². The molecule has 0 aromatic heterocycles. The van der Waals surface area contributed by atoms with Crippen molar-refractivity contribution in [2.45, 2.75) is 50.6 Å². The van der Waals surface area contributed by atoms with Gasteiger partial charge < -0.3 is 11.1 Å². The molecule has 2 atom stereocenters. The summed E-state index contributed by atoms with van der Waals surface area (Å²) in [6.45, 7) is 0. The third-order valence-corrected chi connectivity index (χ3v) is 4.91. The smallest absolute Gasteiger partial charge is 0.224 e. The molecular formula is C17H24N2O. The van der Waals surface area contributed by atoms with Gasteiger partial charge in [-0.3, -0.25) is 4.79 Å². The predicted octanol–water partition coefficient (Wildman–Crippen LogP) is 2.25. The Morgan fingerprint density at radius 1 is 1.15 bits per heavy atom. The number of nitrogens with two attached hydrogens (primary N) is 1. The number of hydrogen-bond acceptors (Lipinski definition) is 2. The molecule has 108 valence electrons. The van der Waals surface area contributed by atoms with E-state index >= 15 is 0 Å². The molecule has 1 aromatic rings. The van der Waals surface area contributed by atoms with Crippen molar-refractivity contribution in [1.29, 1.82) is 0 Å². The van der Waals surface area contributed by atoms with Gasteiger partial charge in [0, 0.05) is 12.1 Å². The van der Waals surface area contributed by atoms with Gasteiger partial charge in [0.1, 0.15) is 0 Å². The van der Waals surface area contributed by atoms with Crippen LogP contribution < -0.4 is 11.1 Å². The molecule has 3 rings (SSSR count). The quantitative estimate of drug-likeness (QED) is 0.886. The second-order valence-electron chi connectivity index (χ2n) is 6.44. The second-order valence-corrected chi connectivity index (χ2v) is 6.44. The number of rotatable bonds is 3. The fraction of sp³-hybridized carbons (Fsp3) is 0.588. The van der Waals surface area contributed by atoms with Gasteiger partial charge in [0.25, 0.3) is 0 Å². The van der Waals surface area contributed by atoms with Crippen molar-refractivity contribution >= 4 is 5.91 Å². The summed E-state index contributed by atoms with van der Waals surface area (Å²) in [7, 11) is 0. The summed E-state index contributed by atoms with van der Waals surface area (Å²) in [4.78, 5) is 12.3. The largest absolute Gasteiger partial charge is 0.353 e. The molecular weight excluding hydrogens is 248 g/mol. The number of fused-ring (bicyclic) bond motifs is 2. The van der Waals surface area contributed by atoms with Gasteiger partial charge >= 0.3 is 0 Å². The number of carbonyl (C=O) groups is 1. The van der Waals surface area contributed by atoms with Crippen molar-refractivity contribution in [3.05, 3.63) is 35.9 Å². The summed E-state index contributed by atoms with van der Waals surface area (Å²) in [6, 6.07) is 10.7. The Morgan fingerprint density at radius 3 is 2.45 bits per heavy atom. The molecule has 0 saturated heterocycles. The highest BCUT2D eigenvalue weighted by molar-refractivity contribution is 5.78. The molecule has 2 aliphatic carbocycles. The van der Waals surface area contributed by atoms with Crippen LogP contribution in [0.2, 0.25) is 0 Å². The van der Waals surface area contributed by atoms with Crippen LogP contribution in [0.4, 0.5) is 0 Å². The van der Waals surface area contributed by atoms with Crippen LogP contribution in [0.5, 0.6) is 0 Å². The van der Waals surface area contributed by atoms with Crippen molar-refractivity contribution in [2.24, 2.45) is 17.6 Å². The molecule has 0 radical (unpaired) electrons. The first-order valence-corrected chi connectivity index (χ1v) is 7.81. The molecule has 2 fully saturated rings. The molecule has 2 aliphatic rings. The SMILES string of the molecule is NC1CC2CCCC(C1)C2NC(=O)Cc1ccccc1. The number of carbonyl (C=O) groups excluding carboxylic acids is 1. The molecule has 0 spiro atoms. The fourth-order valence-electron chi connectivity index (χ4n) is 4.04. The fourth-order valence-corrected chi connectivity index (χ4v) is 4.04. The van der Waals surface area contributed by atoms with Gasteiger partial charge in [0.2, 0.25) is 5.91 Å². The van der Waals surface area contributed by atoms with Crippen molar-refractivity contribution in [3.63, 3.8) is 0 Å². The van der Waals surface area contributed by atoms with Crippen LogP contribution >= 0.6 is 0 Å². The lowest BCUT2D eigenvalue weighted by atomic mass is 9.67. The topological polar surface area (TPSA) is 55.1 Å². The lowest BCUT2D eigenvalue weighted by Crippen LogP contribution is -2.54. The maximum Gasteiger partial charge on any atom is 0.224 e. The van der Waals surface area contributed by atoms with E-state index in [1.54, 1.807) is 0 Å². The van der Waals surface area contributed by atoms with Crippen LogP contribution in [0.25, 0.3) is 0 Å². The minimum Gasteiger partial charge on any atom is -0.353 e. The van der Waals surface area contributed by atoms with E-state index < -0.39 is 0 Å². The Balaban J connectivity index is 1.61. The lowest BCUT2D eigenvalue weighted by Gasteiger charge is -2.45. The van der Waals surface area contributed by atoms with Crippen LogP contribution in [0.15, 0.2) is 30.3 Å². The maximum atomic E-state index is 12.3. The Kier molecular flexibility index (Phi) is 4.06. The molecule has 1 amide bonds. The van der Waals surface area contributed by atoms with E-state index in [1.807, 2.05) is 30.3 Å². The summed E-state index contributed by atoms with van der Waals surface area (Å²) in [6.07, 6.45) is 6.39. The third-order valence-electron chi connectivity index (χ3n) is 4.91. The van der Waals surface area contributed by atoms with Crippen LogP contribution in [0, 0.1) is 11.8 Å². The highest BCUT2D eigenvalue weighted by atomic mass is 16.1. The molecule has 0 heterocycles. The van der Waals surface area contributed by atoms with Crippen molar-refractivity contribution < 1.29 is 4.79 Å². The van der Waals surface area contributed by atoms with Crippen molar-refractivity contribution in [2.75, 3.05) is 0 Å². The standard InChI is InChI=1S/C17H24N2O/c18-15-10-13-7-4-8-14(11-15)17(13)19-16(20)9-12-5-2-1-3-6-12/h1-3,5-6,13-15,17H,4,7-11,18H2,(H,19,20). The second kappa shape index (κ2) is 5.96. The summed E-state index contributed by atoms with van der Waals surface area (Å²) < 4.78 is 0. The number of amides is 1. The van der Waals surface area contributed by atoms with Crippen molar-refractivity contribution in [3.8, 4) is 0 Å².